The number of aryl methyl sites for hydroxylation is 1. The van der Waals surface area contributed by atoms with Gasteiger partial charge in [-0.2, -0.15) is 11.8 Å². The molecule has 504 valence electrons. The number of nitrogens with zero attached hydrogens (tertiary/aromatic N) is 6. The summed E-state index contributed by atoms with van der Waals surface area (Å²) in [5, 5.41) is 31.1. The highest BCUT2D eigenvalue weighted by Crippen LogP contribution is 2.33. The van der Waals surface area contributed by atoms with Crippen LogP contribution < -0.4 is 59.7 Å². The Kier molecular flexibility index (Phi) is 32.4. The molecule has 6 rings (SSSR count). The Balaban J connectivity index is 0.00000744. The molecule has 9 amide bonds. The van der Waals surface area contributed by atoms with Crippen molar-refractivity contribution in [2.24, 2.45) is 39.9 Å². The van der Waals surface area contributed by atoms with Crippen LogP contribution in [0.5, 0.6) is 0 Å². The quantitative estimate of drug-likeness (QED) is 0.0174. The molecule has 3 aliphatic heterocycles. The number of Topliss-reactive ketones (excluding diaryl/α,β-unsaturated/α-hetero) is 2. The Bertz CT molecular complexity index is 2820. The average molecular weight is 1300 g/mol. The van der Waals surface area contributed by atoms with Gasteiger partial charge in [0.2, 0.25) is 41.4 Å². The number of guanidine groups is 1. The van der Waals surface area contributed by atoms with E-state index in [4.69, 9.17) is 31.4 Å². The molecular weight excluding hydrogens is 1200 g/mol. The zero-order valence-electron chi connectivity index (χ0n) is 52.5. The molecule has 16 N–H and O–H groups in total. The van der Waals surface area contributed by atoms with Crippen molar-refractivity contribution in [3.8, 4) is 0 Å². The fraction of sp³-hybridized carbons (Fsp3) is 0.672. The predicted molar refractivity (Wildman–Crippen MR) is 334 cm³/mol. The summed E-state index contributed by atoms with van der Waals surface area (Å²) < 4.78 is 18.3. The SMILES string of the molecule is CC.CC(C)[C@@H]1NC(=O)[C@H](Cc2cnc[nH]2)CC(=O)[C@@H](NC(=O)COCCOCCOCCNC(=O)CCCC[C@H]2SC[C@H]3NC(=O)N[C@H]32)Cc2cn(nn2)CCCC[C@@H](C(N)=O)CC(=O)CNC(=O)[C@H](Cc2cnc[nH]2)NC(=O)[C@H](CCCN=C(N)N)NC1=O. The third kappa shape index (κ3) is 26.8. The van der Waals surface area contributed by atoms with Crippen molar-refractivity contribution in [2.45, 2.75) is 166 Å². The smallest absolute Gasteiger partial charge is 0.315 e. The molecule has 3 aromatic heterocycles. The number of imidazole rings is 2. The van der Waals surface area contributed by atoms with Gasteiger partial charge in [0.1, 0.15) is 24.7 Å². The lowest BCUT2D eigenvalue weighted by molar-refractivity contribution is -0.136. The Hall–Kier alpha value is -8.04. The van der Waals surface area contributed by atoms with Crippen LogP contribution >= 0.6 is 11.8 Å². The van der Waals surface area contributed by atoms with Gasteiger partial charge in [-0.1, -0.05) is 45.7 Å². The summed E-state index contributed by atoms with van der Waals surface area (Å²) in [5.41, 5.74) is 18.1. The van der Waals surface area contributed by atoms with E-state index >= 15 is 0 Å². The number of thioether (sulfide) groups is 1. The van der Waals surface area contributed by atoms with E-state index in [0.717, 1.165) is 25.0 Å². The van der Waals surface area contributed by atoms with Gasteiger partial charge in [-0.05, 0) is 44.4 Å². The second-order valence-corrected chi connectivity index (χ2v) is 23.9. The molecule has 2 saturated heterocycles. The van der Waals surface area contributed by atoms with Crippen LogP contribution in [0.4, 0.5) is 4.79 Å². The van der Waals surface area contributed by atoms with E-state index in [1.165, 1.54) is 29.7 Å². The molecular formula is C58H93N19O13S. The number of nitrogens with two attached hydrogens (primary N) is 3. The number of H-pyrrole nitrogens is 2. The summed E-state index contributed by atoms with van der Waals surface area (Å²) in [7, 11) is 0. The third-order valence-corrected chi connectivity index (χ3v) is 16.7. The van der Waals surface area contributed by atoms with Crippen molar-refractivity contribution < 1.29 is 62.2 Å². The van der Waals surface area contributed by atoms with E-state index in [0.29, 0.717) is 54.7 Å². The number of carbonyl (C=O) groups excluding carboxylic acids is 10. The molecule has 0 saturated carbocycles. The van der Waals surface area contributed by atoms with Crippen molar-refractivity contribution in [2.75, 3.05) is 65.0 Å². The summed E-state index contributed by atoms with van der Waals surface area (Å²) in [5.74, 6) is -7.40. The minimum atomic E-state index is -1.33. The number of primary amides is 1. The van der Waals surface area contributed by atoms with Crippen LogP contribution in [0, 0.1) is 17.8 Å². The number of ether oxygens (including phenoxy) is 3. The van der Waals surface area contributed by atoms with Gasteiger partial charge in [-0.25, -0.2) is 14.8 Å². The van der Waals surface area contributed by atoms with E-state index in [2.05, 4.69) is 77.8 Å². The number of carbonyl (C=O) groups is 10. The summed E-state index contributed by atoms with van der Waals surface area (Å²) in [6.45, 7) is 8.01. The number of fused-ring (bicyclic) bond motifs is 3. The second-order valence-electron chi connectivity index (χ2n) is 22.6. The van der Waals surface area contributed by atoms with Crippen LogP contribution in [0.15, 0.2) is 36.2 Å². The number of nitrogens with one attached hydrogen (secondary N) is 10. The fourth-order valence-electron chi connectivity index (χ4n) is 10.4. The Morgan fingerprint density at radius 3 is 2.15 bits per heavy atom. The monoisotopic (exact) mass is 1300 g/mol. The Morgan fingerprint density at radius 2 is 1.46 bits per heavy atom. The number of ketones is 2. The fourth-order valence-corrected chi connectivity index (χ4v) is 11.9. The minimum Gasteiger partial charge on any atom is -0.377 e. The lowest BCUT2D eigenvalue weighted by atomic mass is 9.91. The van der Waals surface area contributed by atoms with Gasteiger partial charge in [-0.3, -0.25) is 52.8 Å². The summed E-state index contributed by atoms with van der Waals surface area (Å²) in [4.78, 5) is 153. The molecule has 0 radical (unpaired) electrons. The summed E-state index contributed by atoms with van der Waals surface area (Å²) in [6, 6.07) is -4.96. The standard InChI is InChI=1S/C56H87N19O13S.C2H6/c1-33(2)48-54(84)68-40(9-7-12-63-55(58)59)53(83)69-42(23-37-26-61-32-66-37)52(82)64-27-39(76)21-34(50(57)80)8-5-6-14-75-28-38(73-74-75)24-41(44(77)22-35(51(81)71-48)20-36-25-60-31-65-36)67-47(79)29-88-19-18-87-17-16-86-15-13-62-46(78)11-4-3-10-45-49-43(30-89-45)70-56(85)72-49;1-2/h25-26,28,31-35,40-43,45,48-49H,3-24,27,29-30H2,1-2H3,(H2,57,80)(H,60,65)(H,61,66)(H,62,78)(H,64,82)(H,67,79)(H,68,84)(H,69,83)(H,71,81)(H4,58,59,63)(H2,70,72,85);1-2H3/t34-,35-,40+,41+,42+,43-,45-,48+,49-;/m1./s1. The van der Waals surface area contributed by atoms with Crippen molar-refractivity contribution >= 4 is 76.7 Å². The molecule has 3 aliphatic rings. The van der Waals surface area contributed by atoms with Crippen molar-refractivity contribution in [3.63, 3.8) is 0 Å². The molecule has 9 atom stereocenters. The number of rotatable bonds is 27. The van der Waals surface area contributed by atoms with Gasteiger partial charge < -0.3 is 83.9 Å². The number of amides is 9. The van der Waals surface area contributed by atoms with Crippen LogP contribution in [0.1, 0.15) is 115 Å². The number of aromatic nitrogens is 7. The van der Waals surface area contributed by atoms with Gasteiger partial charge in [0.15, 0.2) is 17.5 Å². The van der Waals surface area contributed by atoms with Gasteiger partial charge in [0.05, 0.1) is 82.0 Å². The average Bonchev–Trinajstić information content (AvgIpc) is 1.80. The van der Waals surface area contributed by atoms with Crippen molar-refractivity contribution in [3.05, 3.63) is 48.3 Å². The van der Waals surface area contributed by atoms with Gasteiger partial charge in [0, 0.05) is 105 Å². The van der Waals surface area contributed by atoms with Crippen LogP contribution in [-0.4, -0.2) is 206 Å². The van der Waals surface area contributed by atoms with Crippen LogP contribution in [0.25, 0.3) is 0 Å². The summed E-state index contributed by atoms with van der Waals surface area (Å²) in [6.07, 6.45) is 10.6. The van der Waals surface area contributed by atoms with E-state index in [1.807, 2.05) is 25.6 Å². The normalized spacial score (nSPS) is 23.2. The molecule has 33 heteroatoms. The van der Waals surface area contributed by atoms with Crippen LogP contribution in [0.3, 0.4) is 0 Å². The molecule has 0 spiro atoms. The predicted octanol–water partition coefficient (Wildman–Crippen LogP) is -1.74. The minimum absolute atomic E-state index is 0.0168. The number of unbranched alkanes of at least 4 members (excludes halogenated alkanes) is 1. The molecule has 0 unspecified atom stereocenters. The Labute approximate surface area is 533 Å². The maximum atomic E-state index is 14.6. The first-order valence-electron chi connectivity index (χ1n) is 31.2. The van der Waals surface area contributed by atoms with Crippen LogP contribution in [0.2, 0.25) is 0 Å². The van der Waals surface area contributed by atoms with Gasteiger partial charge in [-0.15, -0.1) is 5.10 Å². The van der Waals surface area contributed by atoms with Crippen LogP contribution in [-0.2, 0) is 83.2 Å². The molecule has 0 aliphatic carbocycles. The first-order chi connectivity index (χ1) is 43.8. The zero-order valence-corrected chi connectivity index (χ0v) is 53.3. The van der Waals surface area contributed by atoms with E-state index in [1.54, 1.807) is 20.0 Å². The molecule has 0 aromatic carbocycles. The molecule has 91 heavy (non-hydrogen) atoms. The number of aromatic amines is 2. The van der Waals surface area contributed by atoms with Crippen molar-refractivity contribution in [1.29, 1.82) is 0 Å². The summed E-state index contributed by atoms with van der Waals surface area (Å²) >= 11 is 1.85. The maximum absolute atomic E-state index is 14.6. The van der Waals surface area contributed by atoms with E-state index in [-0.39, 0.29) is 115 Å². The van der Waals surface area contributed by atoms with Gasteiger partial charge in [0.25, 0.3) is 0 Å². The largest absolute Gasteiger partial charge is 0.377 e. The third-order valence-electron chi connectivity index (χ3n) is 15.2. The highest BCUT2D eigenvalue weighted by Gasteiger charge is 2.43. The highest BCUT2D eigenvalue weighted by molar-refractivity contribution is 8.00. The lowest BCUT2D eigenvalue weighted by Crippen LogP contribution is -2.58. The lowest BCUT2D eigenvalue weighted by Gasteiger charge is -2.28. The Morgan fingerprint density at radius 1 is 0.758 bits per heavy atom. The van der Waals surface area contributed by atoms with E-state index < -0.39 is 109 Å². The first kappa shape index (κ1) is 73.7. The molecule has 2 fully saturated rings. The number of aliphatic imine (C=N–C) groups is 1. The second kappa shape index (κ2) is 40.0. The highest BCUT2D eigenvalue weighted by atomic mass is 32.2. The van der Waals surface area contributed by atoms with E-state index in [9.17, 15) is 47.9 Å². The molecule has 3 aromatic rings. The maximum Gasteiger partial charge on any atom is 0.315 e. The first-order valence-corrected chi connectivity index (χ1v) is 32.3. The topological polar surface area (TPSA) is 473 Å². The molecule has 32 nitrogen and oxygen atoms in total. The number of urea groups is 1. The van der Waals surface area contributed by atoms with Gasteiger partial charge >= 0.3 is 6.03 Å². The number of hydrogen-bond donors (Lipinski definition) is 13. The molecule has 6 heterocycles. The van der Waals surface area contributed by atoms with Crippen molar-refractivity contribution in [1.82, 2.24) is 77.5 Å². The zero-order chi connectivity index (χ0) is 66.1. The molecule has 2 bridgehead atoms. The number of hydrogen-bond acceptors (Lipinski definition) is 19.